The van der Waals surface area contributed by atoms with Gasteiger partial charge < -0.3 is 10.5 Å². The molecule has 1 atom stereocenters. The van der Waals surface area contributed by atoms with Crippen molar-refractivity contribution in [3.63, 3.8) is 0 Å². The molecule has 0 bridgehead atoms. The van der Waals surface area contributed by atoms with Gasteiger partial charge in [0.05, 0.1) is 12.6 Å². The fourth-order valence-corrected chi connectivity index (χ4v) is 2.19. The van der Waals surface area contributed by atoms with Crippen molar-refractivity contribution < 1.29 is 4.74 Å². The van der Waals surface area contributed by atoms with Crippen molar-refractivity contribution in [2.75, 3.05) is 12.3 Å². The van der Waals surface area contributed by atoms with E-state index in [0.717, 1.165) is 22.4 Å². The molecule has 1 aromatic carbocycles. The van der Waals surface area contributed by atoms with Gasteiger partial charge in [-0.05, 0) is 31.5 Å². The molecule has 5 nitrogen and oxygen atoms in total. The van der Waals surface area contributed by atoms with E-state index in [9.17, 15) is 0 Å². The molecule has 0 radical (unpaired) electrons. The Kier molecular flexibility index (Phi) is 4.55. The van der Waals surface area contributed by atoms with Crippen LogP contribution in [0.1, 0.15) is 29.7 Å². The van der Waals surface area contributed by atoms with E-state index in [1.807, 2.05) is 44.2 Å². The second-order valence-electron chi connectivity index (χ2n) is 4.56. The minimum atomic E-state index is -0.259. The number of rotatable bonds is 5. The average molecular weight is 272 g/mol. The molecule has 0 aliphatic rings. The first-order chi connectivity index (χ1) is 9.67. The van der Waals surface area contributed by atoms with E-state index in [-0.39, 0.29) is 6.04 Å². The smallest absolute Gasteiger partial charge is 0.128 e. The average Bonchev–Trinajstić information content (AvgIpc) is 2.45. The van der Waals surface area contributed by atoms with E-state index in [0.29, 0.717) is 12.4 Å². The lowest BCUT2D eigenvalue weighted by Crippen LogP contribution is -2.30. The van der Waals surface area contributed by atoms with Crippen molar-refractivity contribution >= 4 is 5.82 Å². The summed E-state index contributed by atoms with van der Waals surface area (Å²) in [5.41, 5.74) is 11.6. The number of aromatic nitrogens is 1. The zero-order chi connectivity index (χ0) is 14.5. The summed E-state index contributed by atoms with van der Waals surface area (Å²) < 4.78 is 5.65. The monoisotopic (exact) mass is 272 g/mol. The van der Waals surface area contributed by atoms with Gasteiger partial charge in [-0.3, -0.25) is 5.84 Å². The number of benzene rings is 1. The minimum Gasteiger partial charge on any atom is -0.494 e. The molecule has 1 heterocycles. The minimum absolute atomic E-state index is 0.259. The van der Waals surface area contributed by atoms with Crippen LogP contribution >= 0.6 is 0 Å². The van der Waals surface area contributed by atoms with Crippen LogP contribution in [0.4, 0.5) is 5.82 Å². The Hall–Kier alpha value is -2.11. The van der Waals surface area contributed by atoms with E-state index in [1.54, 1.807) is 6.20 Å². The number of hydrogen-bond acceptors (Lipinski definition) is 5. The number of ether oxygens (including phenoxy) is 1. The van der Waals surface area contributed by atoms with Crippen LogP contribution in [0.15, 0.2) is 36.5 Å². The Labute approximate surface area is 118 Å². The SMILES string of the molecule is CCOc1ccccc1C(NN)c1cc(C)cnc1N. The molecule has 0 spiro atoms. The Morgan fingerprint density at radius 2 is 2.05 bits per heavy atom. The molecule has 2 aromatic rings. The summed E-state index contributed by atoms with van der Waals surface area (Å²) in [6.07, 6.45) is 1.74. The molecule has 1 aromatic heterocycles. The zero-order valence-electron chi connectivity index (χ0n) is 11.8. The van der Waals surface area contributed by atoms with Gasteiger partial charge in [0.25, 0.3) is 0 Å². The molecule has 0 saturated carbocycles. The summed E-state index contributed by atoms with van der Waals surface area (Å²) >= 11 is 0. The van der Waals surface area contributed by atoms with Crippen LogP contribution in [0.2, 0.25) is 0 Å². The lowest BCUT2D eigenvalue weighted by atomic mass is 9.98. The van der Waals surface area contributed by atoms with Crippen molar-refractivity contribution in [3.05, 3.63) is 53.2 Å². The molecule has 0 saturated heterocycles. The number of nitrogens with two attached hydrogens (primary N) is 2. The van der Waals surface area contributed by atoms with Crippen LogP contribution in [-0.2, 0) is 0 Å². The van der Waals surface area contributed by atoms with Crippen LogP contribution in [0, 0.1) is 6.92 Å². The highest BCUT2D eigenvalue weighted by Crippen LogP contribution is 2.31. The standard InChI is InChI=1S/C15H20N4O/c1-3-20-13-7-5-4-6-11(13)14(19-17)12-8-10(2)9-18-15(12)16/h4-9,14,19H,3,17H2,1-2H3,(H2,16,18). The molecule has 5 heteroatoms. The van der Waals surface area contributed by atoms with Gasteiger partial charge in [-0.2, -0.15) is 0 Å². The van der Waals surface area contributed by atoms with Gasteiger partial charge in [0, 0.05) is 17.3 Å². The third-order valence-electron chi connectivity index (χ3n) is 3.09. The Morgan fingerprint density at radius 1 is 1.30 bits per heavy atom. The maximum atomic E-state index is 5.98. The van der Waals surface area contributed by atoms with E-state index >= 15 is 0 Å². The predicted octanol–water partition coefficient (Wildman–Crippen LogP) is 1.92. The molecular weight excluding hydrogens is 252 g/mol. The van der Waals surface area contributed by atoms with Crippen LogP contribution in [0.3, 0.4) is 0 Å². The summed E-state index contributed by atoms with van der Waals surface area (Å²) in [7, 11) is 0. The largest absolute Gasteiger partial charge is 0.494 e. The highest BCUT2D eigenvalue weighted by Gasteiger charge is 2.19. The maximum Gasteiger partial charge on any atom is 0.128 e. The lowest BCUT2D eigenvalue weighted by molar-refractivity contribution is 0.333. The van der Waals surface area contributed by atoms with Gasteiger partial charge in [-0.25, -0.2) is 10.4 Å². The second-order valence-corrected chi connectivity index (χ2v) is 4.56. The van der Waals surface area contributed by atoms with Crippen molar-refractivity contribution in [2.45, 2.75) is 19.9 Å². The zero-order valence-corrected chi connectivity index (χ0v) is 11.8. The highest BCUT2D eigenvalue weighted by atomic mass is 16.5. The molecular formula is C15H20N4O. The molecule has 20 heavy (non-hydrogen) atoms. The summed E-state index contributed by atoms with van der Waals surface area (Å²) in [5, 5.41) is 0. The van der Waals surface area contributed by atoms with Crippen molar-refractivity contribution in [1.29, 1.82) is 0 Å². The number of hydrazine groups is 1. The van der Waals surface area contributed by atoms with Gasteiger partial charge in [-0.1, -0.05) is 18.2 Å². The number of nitrogen functional groups attached to an aromatic ring is 1. The van der Waals surface area contributed by atoms with E-state index in [1.165, 1.54) is 0 Å². The topological polar surface area (TPSA) is 86.2 Å². The fourth-order valence-electron chi connectivity index (χ4n) is 2.19. The van der Waals surface area contributed by atoms with Crippen LogP contribution in [0.5, 0.6) is 5.75 Å². The van der Waals surface area contributed by atoms with Crippen molar-refractivity contribution in [1.82, 2.24) is 10.4 Å². The molecule has 0 aliphatic heterocycles. The third kappa shape index (κ3) is 2.89. The van der Waals surface area contributed by atoms with Crippen molar-refractivity contribution in [2.24, 2.45) is 5.84 Å². The number of para-hydroxylation sites is 1. The number of anilines is 1. The Balaban J connectivity index is 2.49. The maximum absolute atomic E-state index is 5.98. The number of aryl methyl sites for hydroxylation is 1. The normalized spacial score (nSPS) is 12.2. The summed E-state index contributed by atoms with van der Waals surface area (Å²) in [6.45, 7) is 4.51. The second kappa shape index (κ2) is 6.36. The van der Waals surface area contributed by atoms with Crippen LogP contribution in [-0.4, -0.2) is 11.6 Å². The molecule has 0 fully saturated rings. The van der Waals surface area contributed by atoms with Gasteiger partial charge in [0.15, 0.2) is 0 Å². The van der Waals surface area contributed by atoms with Gasteiger partial charge in [0.2, 0.25) is 0 Å². The Bertz CT molecular complexity index is 586. The van der Waals surface area contributed by atoms with Crippen LogP contribution in [0.25, 0.3) is 0 Å². The van der Waals surface area contributed by atoms with E-state index in [4.69, 9.17) is 16.3 Å². The number of hydrogen-bond donors (Lipinski definition) is 3. The predicted molar refractivity (Wildman–Crippen MR) is 80.2 cm³/mol. The number of pyridine rings is 1. The highest BCUT2D eigenvalue weighted by molar-refractivity contribution is 5.50. The first-order valence-electron chi connectivity index (χ1n) is 6.57. The number of nitrogens with one attached hydrogen (secondary N) is 1. The molecule has 2 rings (SSSR count). The molecule has 0 amide bonds. The third-order valence-corrected chi connectivity index (χ3v) is 3.09. The quantitative estimate of drug-likeness (QED) is 0.572. The fraction of sp³-hybridized carbons (Fsp3) is 0.267. The lowest BCUT2D eigenvalue weighted by Gasteiger charge is -2.21. The molecule has 5 N–H and O–H groups in total. The summed E-state index contributed by atoms with van der Waals surface area (Å²) in [6, 6.07) is 9.49. The van der Waals surface area contributed by atoms with Gasteiger partial charge in [-0.15, -0.1) is 0 Å². The van der Waals surface area contributed by atoms with E-state index in [2.05, 4.69) is 10.4 Å². The number of nitrogens with zero attached hydrogens (tertiary/aromatic N) is 1. The summed E-state index contributed by atoms with van der Waals surface area (Å²) in [4.78, 5) is 4.19. The van der Waals surface area contributed by atoms with Gasteiger partial charge >= 0.3 is 0 Å². The van der Waals surface area contributed by atoms with Crippen LogP contribution < -0.4 is 21.7 Å². The molecule has 106 valence electrons. The first-order valence-corrected chi connectivity index (χ1v) is 6.57. The molecule has 0 aliphatic carbocycles. The van der Waals surface area contributed by atoms with E-state index < -0.39 is 0 Å². The molecule has 1 unspecified atom stereocenters. The van der Waals surface area contributed by atoms with Crippen molar-refractivity contribution in [3.8, 4) is 5.75 Å². The van der Waals surface area contributed by atoms with Gasteiger partial charge in [0.1, 0.15) is 11.6 Å². The first kappa shape index (κ1) is 14.3. The summed E-state index contributed by atoms with van der Waals surface area (Å²) in [5.74, 6) is 6.99. The Morgan fingerprint density at radius 3 is 2.75 bits per heavy atom.